The highest BCUT2D eigenvalue weighted by Crippen LogP contribution is 2.41. The number of nitrogens with one attached hydrogen (secondary N) is 2. The number of nitrogens with zero attached hydrogens (tertiary/aromatic N) is 1. The molecule has 11 heteroatoms. The summed E-state index contributed by atoms with van der Waals surface area (Å²) in [5, 5.41) is 5.22. The number of carbonyl (C=O) groups is 1. The van der Waals surface area contributed by atoms with Crippen LogP contribution in [0.2, 0.25) is 10.0 Å². The van der Waals surface area contributed by atoms with Gasteiger partial charge >= 0.3 is 0 Å². The number of anilines is 3. The predicted octanol–water partition coefficient (Wildman–Crippen LogP) is 6.16. The fourth-order valence-electron chi connectivity index (χ4n) is 3.76. The maximum Gasteiger partial charge on any atom is 0.267 e. The van der Waals surface area contributed by atoms with Crippen LogP contribution in [0.3, 0.4) is 0 Å². The van der Waals surface area contributed by atoms with Gasteiger partial charge in [-0.2, -0.15) is 0 Å². The molecule has 0 unspecified atom stereocenters. The van der Waals surface area contributed by atoms with Crippen LogP contribution in [0.4, 0.5) is 21.5 Å². The van der Waals surface area contributed by atoms with E-state index in [1.807, 2.05) is 6.92 Å². The molecule has 0 saturated carbocycles. The first-order valence-corrected chi connectivity index (χ1v) is 13.2. The van der Waals surface area contributed by atoms with Crippen LogP contribution >= 0.6 is 34.5 Å². The maximum absolute atomic E-state index is 13.2. The largest absolute Gasteiger partial charge is 0.370 e. The summed E-state index contributed by atoms with van der Waals surface area (Å²) in [6.45, 7) is 3.58. The molecule has 0 bridgehead atoms. The second kappa shape index (κ2) is 9.50. The molecule has 1 fully saturated rings. The van der Waals surface area contributed by atoms with Crippen LogP contribution in [0.1, 0.15) is 28.1 Å². The van der Waals surface area contributed by atoms with Crippen LogP contribution in [0.5, 0.6) is 0 Å². The maximum atomic E-state index is 13.2. The Kier molecular flexibility index (Phi) is 6.86. The summed E-state index contributed by atoms with van der Waals surface area (Å²) in [6.07, 6.45) is 2.12. The number of carbonyl (C=O) groups excluding carboxylic acids is 1. The second-order valence-corrected chi connectivity index (χ2v) is 11.0. The third-order valence-electron chi connectivity index (χ3n) is 5.35. The Balaban J connectivity index is 1.60. The van der Waals surface area contributed by atoms with E-state index in [4.69, 9.17) is 23.2 Å². The number of amides is 1. The van der Waals surface area contributed by atoms with E-state index in [0.29, 0.717) is 15.7 Å². The van der Waals surface area contributed by atoms with E-state index in [9.17, 15) is 17.6 Å². The average Bonchev–Trinajstić information content (AvgIpc) is 3.43. The summed E-state index contributed by atoms with van der Waals surface area (Å²) >= 11 is 13.9. The van der Waals surface area contributed by atoms with Crippen LogP contribution in [0, 0.1) is 12.7 Å². The highest BCUT2D eigenvalue weighted by atomic mass is 35.5. The molecule has 1 amide bonds. The molecule has 0 aliphatic carbocycles. The normalized spacial score (nSPS) is 13.9. The summed E-state index contributed by atoms with van der Waals surface area (Å²) < 4.78 is 40.9. The van der Waals surface area contributed by atoms with Crippen molar-refractivity contribution >= 4 is 67.5 Å². The highest BCUT2D eigenvalue weighted by Gasteiger charge is 2.24. The van der Waals surface area contributed by atoms with Gasteiger partial charge in [0.1, 0.15) is 10.7 Å². The van der Waals surface area contributed by atoms with Crippen LogP contribution in [-0.2, 0) is 10.0 Å². The van der Waals surface area contributed by atoms with Crippen LogP contribution in [-0.4, -0.2) is 27.4 Å². The summed E-state index contributed by atoms with van der Waals surface area (Å²) in [7, 11) is -4.01. The lowest BCUT2D eigenvalue weighted by molar-refractivity contribution is 0.103. The fraction of sp³-hybridized carbons (Fsp3) is 0.227. The van der Waals surface area contributed by atoms with Crippen LogP contribution < -0.4 is 14.9 Å². The van der Waals surface area contributed by atoms with E-state index >= 15 is 0 Å². The van der Waals surface area contributed by atoms with Gasteiger partial charge in [-0.15, -0.1) is 11.3 Å². The van der Waals surface area contributed by atoms with Crippen molar-refractivity contribution in [2.75, 3.05) is 28.0 Å². The van der Waals surface area contributed by atoms with Gasteiger partial charge in [0.25, 0.3) is 15.9 Å². The smallest absolute Gasteiger partial charge is 0.267 e. The number of hydrogen-bond donors (Lipinski definition) is 2. The Morgan fingerprint density at radius 3 is 2.42 bits per heavy atom. The minimum absolute atomic E-state index is 0.115. The van der Waals surface area contributed by atoms with Gasteiger partial charge in [0.2, 0.25) is 0 Å². The Morgan fingerprint density at radius 1 is 1.09 bits per heavy atom. The molecule has 4 rings (SSSR count). The molecule has 0 atom stereocenters. The molecule has 0 radical (unpaired) electrons. The van der Waals surface area contributed by atoms with Gasteiger partial charge < -0.3 is 10.2 Å². The standard InChI is InChI=1S/C22H20Cl2FN3O3S2/c1-13-19(16(23)12-17(24)20(13)28-9-2-3-10-28)26-22(29)21-18(8-11-32-21)27-33(30,31)15-6-4-14(25)5-7-15/h4-8,11-12,27H,2-3,9-10H2,1H3,(H,26,29). The molecule has 3 aromatic rings. The zero-order valence-corrected chi connectivity index (χ0v) is 20.6. The first-order valence-electron chi connectivity index (χ1n) is 10.1. The Hall–Kier alpha value is -2.33. The minimum atomic E-state index is -4.01. The number of benzene rings is 2. The molecule has 174 valence electrons. The van der Waals surface area contributed by atoms with Gasteiger partial charge in [0, 0.05) is 13.1 Å². The number of halogens is 3. The lowest BCUT2D eigenvalue weighted by atomic mass is 10.1. The number of thiophene rings is 1. The first kappa shape index (κ1) is 23.8. The molecule has 1 aliphatic rings. The Morgan fingerprint density at radius 2 is 1.76 bits per heavy atom. The summed E-state index contributed by atoms with van der Waals surface area (Å²) in [6, 6.07) is 7.51. The van der Waals surface area contributed by atoms with Gasteiger partial charge in [-0.3, -0.25) is 9.52 Å². The zero-order chi connectivity index (χ0) is 23.8. The molecule has 33 heavy (non-hydrogen) atoms. The Bertz CT molecular complexity index is 1310. The van der Waals surface area contributed by atoms with Crippen molar-refractivity contribution in [1.29, 1.82) is 0 Å². The third kappa shape index (κ3) is 4.96. The lowest BCUT2D eigenvalue weighted by Gasteiger charge is -2.24. The quantitative estimate of drug-likeness (QED) is 0.402. The van der Waals surface area contributed by atoms with Gasteiger partial charge in [0.05, 0.1) is 32.0 Å². The van der Waals surface area contributed by atoms with Gasteiger partial charge in [0.15, 0.2) is 0 Å². The molecule has 6 nitrogen and oxygen atoms in total. The van der Waals surface area contributed by atoms with Gasteiger partial charge in [-0.05, 0) is 67.1 Å². The van der Waals surface area contributed by atoms with Gasteiger partial charge in [-0.1, -0.05) is 23.2 Å². The molecule has 1 saturated heterocycles. The number of sulfonamides is 1. The van der Waals surface area contributed by atoms with Gasteiger partial charge in [-0.25, -0.2) is 12.8 Å². The Labute approximate surface area is 205 Å². The van der Waals surface area contributed by atoms with Crippen molar-refractivity contribution in [3.8, 4) is 0 Å². The molecule has 2 N–H and O–H groups in total. The van der Waals surface area contributed by atoms with E-state index in [2.05, 4.69) is 14.9 Å². The molecule has 2 aromatic carbocycles. The van der Waals surface area contributed by atoms with E-state index < -0.39 is 21.7 Å². The van der Waals surface area contributed by atoms with Crippen molar-refractivity contribution in [1.82, 2.24) is 0 Å². The molecular formula is C22H20Cl2FN3O3S2. The topological polar surface area (TPSA) is 78.5 Å². The van der Waals surface area contributed by atoms with Crippen molar-refractivity contribution in [3.05, 3.63) is 68.1 Å². The summed E-state index contributed by atoms with van der Waals surface area (Å²) in [5.74, 6) is -1.06. The summed E-state index contributed by atoms with van der Waals surface area (Å²) in [5.41, 5.74) is 2.11. The van der Waals surface area contributed by atoms with E-state index in [-0.39, 0.29) is 15.5 Å². The van der Waals surface area contributed by atoms with Crippen LogP contribution in [0.15, 0.2) is 46.7 Å². The third-order valence-corrected chi connectivity index (χ3v) is 8.23. The van der Waals surface area contributed by atoms with E-state index in [1.54, 1.807) is 11.4 Å². The second-order valence-electron chi connectivity index (χ2n) is 7.56. The molecular weight excluding hydrogens is 508 g/mol. The average molecular weight is 528 g/mol. The monoisotopic (exact) mass is 527 g/mol. The van der Waals surface area contributed by atoms with Crippen molar-refractivity contribution < 1.29 is 17.6 Å². The first-order chi connectivity index (χ1) is 15.7. The zero-order valence-electron chi connectivity index (χ0n) is 17.5. The lowest BCUT2D eigenvalue weighted by Crippen LogP contribution is -2.21. The van der Waals surface area contributed by atoms with E-state index in [1.165, 1.54) is 6.07 Å². The predicted molar refractivity (Wildman–Crippen MR) is 132 cm³/mol. The van der Waals surface area contributed by atoms with Crippen LogP contribution in [0.25, 0.3) is 0 Å². The molecule has 2 heterocycles. The fourth-order valence-corrected chi connectivity index (χ4v) is 6.37. The highest BCUT2D eigenvalue weighted by molar-refractivity contribution is 7.92. The molecule has 1 aromatic heterocycles. The van der Waals surface area contributed by atoms with E-state index in [0.717, 1.165) is 72.8 Å². The van der Waals surface area contributed by atoms with Crippen molar-refractivity contribution in [2.45, 2.75) is 24.7 Å². The summed E-state index contributed by atoms with van der Waals surface area (Å²) in [4.78, 5) is 15.3. The molecule has 1 aliphatic heterocycles. The SMILES string of the molecule is Cc1c(NC(=O)c2sccc2NS(=O)(=O)c2ccc(F)cc2)c(Cl)cc(Cl)c1N1CCCC1. The minimum Gasteiger partial charge on any atom is -0.370 e. The van der Waals surface area contributed by atoms with Crippen molar-refractivity contribution in [2.24, 2.45) is 0 Å². The molecule has 0 spiro atoms. The number of rotatable bonds is 6. The van der Waals surface area contributed by atoms with Crippen molar-refractivity contribution in [3.63, 3.8) is 0 Å². The number of hydrogen-bond acceptors (Lipinski definition) is 5.